The smallest absolute Gasteiger partial charge is 0.267 e. The number of carbonyl (C=O) groups excluding carboxylic acids is 1. The van der Waals surface area contributed by atoms with Gasteiger partial charge in [-0.15, -0.1) is 10.2 Å². The molecule has 0 spiro atoms. The number of aromatic nitrogens is 4. The summed E-state index contributed by atoms with van der Waals surface area (Å²) in [5, 5.41) is 10.0. The number of thioether (sulfide) groups is 1. The molecule has 1 amide bonds. The molecular weight excluding hydrogens is 458 g/mol. The summed E-state index contributed by atoms with van der Waals surface area (Å²) >= 11 is 1.36. The van der Waals surface area contributed by atoms with Gasteiger partial charge in [0.25, 0.3) is 5.56 Å². The van der Waals surface area contributed by atoms with Gasteiger partial charge in [0, 0.05) is 13.1 Å². The van der Waals surface area contributed by atoms with E-state index in [0.29, 0.717) is 28.2 Å². The summed E-state index contributed by atoms with van der Waals surface area (Å²) in [4.78, 5) is 28.7. The van der Waals surface area contributed by atoms with Gasteiger partial charge in [0.2, 0.25) is 11.7 Å². The topological polar surface area (TPSA) is 72.5 Å². The maximum atomic E-state index is 13.6. The minimum absolute atomic E-state index is 0.0847. The monoisotopic (exact) mass is 491 g/mol. The summed E-state index contributed by atoms with van der Waals surface area (Å²) in [6.45, 7) is 13.9. The van der Waals surface area contributed by atoms with Crippen molar-refractivity contribution in [1.29, 1.82) is 0 Å². The number of para-hydroxylation sites is 2. The summed E-state index contributed by atoms with van der Waals surface area (Å²) in [6.07, 6.45) is 0. The highest BCUT2D eigenvalue weighted by Crippen LogP contribution is 2.26. The Morgan fingerprint density at radius 3 is 2.20 bits per heavy atom. The highest BCUT2D eigenvalue weighted by molar-refractivity contribution is 7.99. The second-order valence-electron chi connectivity index (χ2n) is 9.89. The molecule has 0 atom stereocenters. The van der Waals surface area contributed by atoms with E-state index in [1.807, 2.05) is 65.6 Å². The predicted octanol–water partition coefficient (Wildman–Crippen LogP) is 4.88. The van der Waals surface area contributed by atoms with Crippen LogP contribution < -0.4 is 5.56 Å². The van der Waals surface area contributed by atoms with Gasteiger partial charge < -0.3 is 4.90 Å². The minimum atomic E-state index is -0.134. The number of fused-ring (bicyclic) bond motifs is 3. The predicted molar refractivity (Wildman–Crippen MR) is 143 cm³/mol. The molecule has 7 nitrogen and oxygen atoms in total. The highest BCUT2D eigenvalue weighted by atomic mass is 32.2. The lowest BCUT2D eigenvalue weighted by molar-refractivity contribution is -0.129. The first-order valence-corrected chi connectivity index (χ1v) is 13.0. The quantitative estimate of drug-likeness (QED) is 0.328. The number of rotatable bonds is 8. The molecule has 0 saturated heterocycles. The van der Waals surface area contributed by atoms with Crippen LogP contribution in [-0.4, -0.2) is 48.8 Å². The molecule has 8 heteroatoms. The van der Waals surface area contributed by atoms with Gasteiger partial charge >= 0.3 is 0 Å². The van der Waals surface area contributed by atoms with Gasteiger partial charge in [-0.2, -0.15) is 0 Å². The largest absolute Gasteiger partial charge is 0.341 e. The standard InChI is InChI=1S/C27H33N5O2S/c1-17(2)14-30(15-18(3)4)23(33)16-35-27-29-28-26-31(27)22-13-8-7-12-21(22)25(34)32(26)24-19(5)10-9-11-20(24)6/h7-13,17-18H,14-16H2,1-6H3. The zero-order chi connectivity index (χ0) is 25.3. The lowest BCUT2D eigenvalue weighted by atomic mass is 10.1. The number of nitrogens with zero attached hydrogens (tertiary/aromatic N) is 5. The van der Waals surface area contributed by atoms with Gasteiger partial charge in [0.15, 0.2) is 5.16 Å². The van der Waals surface area contributed by atoms with Crippen LogP contribution in [0, 0.1) is 25.7 Å². The molecule has 0 aliphatic rings. The van der Waals surface area contributed by atoms with Crippen LogP contribution in [0.5, 0.6) is 0 Å². The fraction of sp³-hybridized carbons (Fsp3) is 0.407. The Morgan fingerprint density at radius 2 is 1.57 bits per heavy atom. The second kappa shape index (κ2) is 10.2. The first kappa shape index (κ1) is 25.0. The van der Waals surface area contributed by atoms with E-state index in [2.05, 4.69) is 37.9 Å². The Kier molecular flexibility index (Phi) is 7.31. The molecule has 0 bridgehead atoms. The normalized spacial score (nSPS) is 11.8. The molecule has 4 aromatic rings. The molecule has 4 rings (SSSR count). The maximum absolute atomic E-state index is 13.6. The van der Waals surface area contributed by atoms with Gasteiger partial charge in [0.05, 0.1) is 22.3 Å². The van der Waals surface area contributed by atoms with Crippen LogP contribution >= 0.6 is 11.8 Å². The number of hydrogen-bond acceptors (Lipinski definition) is 5. The third kappa shape index (κ3) is 4.98. The van der Waals surface area contributed by atoms with Crippen LogP contribution in [0.3, 0.4) is 0 Å². The number of aryl methyl sites for hydroxylation is 2. The molecule has 0 N–H and O–H groups in total. The first-order chi connectivity index (χ1) is 16.7. The van der Waals surface area contributed by atoms with Gasteiger partial charge in [-0.25, -0.2) is 4.57 Å². The van der Waals surface area contributed by atoms with Crippen LogP contribution in [0.4, 0.5) is 0 Å². The molecule has 0 fully saturated rings. The van der Waals surface area contributed by atoms with E-state index in [1.165, 1.54) is 11.8 Å². The third-order valence-corrected chi connectivity index (χ3v) is 6.82. The van der Waals surface area contributed by atoms with Crippen molar-refractivity contribution in [2.24, 2.45) is 11.8 Å². The third-order valence-electron chi connectivity index (χ3n) is 5.91. The zero-order valence-electron chi connectivity index (χ0n) is 21.3. The number of carbonyl (C=O) groups is 1. The van der Waals surface area contributed by atoms with Gasteiger partial charge in [-0.1, -0.05) is 69.8 Å². The van der Waals surface area contributed by atoms with E-state index < -0.39 is 0 Å². The molecule has 0 aliphatic heterocycles. The molecule has 184 valence electrons. The molecule has 2 aromatic carbocycles. The van der Waals surface area contributed by atoms with Gasteiger partial charge in [-0.05, 0) is 48.9 Å². The van der Waals surface area contributed by atoms with Gasteiger partial charge in [-0.3, -0.25) is 14.0 Å². The van der Waals surface area contributed by atoms with E-state index in [4.69, 9.17) is 0 Å². The van der Waals surface area contributed by atoms with E-state index in [-0.39, 0.29) is 17.2 Å². The van der Waals surface area contributed by atoms with Crippen molar-refractivity contribution in [1.82, 2.24) is 24.1 Å². The summed E-state index contributed by atoms with van der Waals surface area (Å²) < 4.78 is 3.55. The average Bonchev–Trinajstić information content (AvgIpc) is 3.22. The molecule has 2 heterocycles. The molecule has 0 radical (unpaired) electrons. The molecule has 2 aromatic heterocycles. The van der Waals surface area contributed by atoms with E-state index >= 15 is 0 Å². The van der Waals surface area contributed by atoms with Crippen LogP contribution in [0.15, 0.2) is 52.4 Å². The Morgan fingerprint density at radius 1 is 0.943 bits per heavy atom. The summed E-state index contributed by atoms with van der Waals surface area (Å²) in [6, 6.07) is 13.4. The van der Waals surface area contributed by atoms with Crippen molar-refractivity contribution < 1.29 is 4.79 Å². The Labute approximate surface area is 210 Å². The lowest BCUT2D eigenvalue weighted by Crippen LogP contribution is -2.38. The second-order valence-corrected chi connectivity index (χ2v) is 10.8. The lowest BCUT2D eigenvalue weighted by Gasteiger charge is -2.26. The molecule has 35 heavy (non-hydrogen) atoms. The van der Waals surface area contributed by atoms with Crippen LogP contribution in [0.2, 0.25) is 0 Å². The van der Waals surface area contributed by atoms with Crippen molar-refractivity contribution in [2.45, 2.75) is 46.7 Å². The summed E-state index contributed by atoms with van der Waals surface area (Å²) in [5.41, 5.74) is 3.37. The van der Waals surface area contributed by atoms with Crippen LogP contribution in [0.25, 0.3) is 22.4 Å². The molecule has 0 saturated carbocycles. The molecule has 0 aliphatic carbocycles. The highest BCUT2D eigenvalue weighted by Gasteiger charge is 2.22. The van der Waals surface area contributed by atoms with E-state index in [0.717, 1.165) is 35.4 Å². The van der Waals surface area contributed by atoms with Gasteiger partial charge in [0.1, 0.15) is 0 Å². The summed E-state index contributed by atoms with van der Waals surface area (Å²) in [7, 11) is 0. The van der Waals surface area contributed by atoms with Crippen LogP contribution in [-0.2, 0) is 4.79 Å². The Balaban J connectivity index is 1.81. The fourth-order valence-corrected chi connectivity index (χ4v) is 5.35. The summed E-state index contributed by atoms with van der Waals surface area (Å²) in [5.74, 6) is 1.58. The minimum Gasteiger partial charge on any atom is -0.341 e. The molecule has 0 unspecified atom stereocenters. The number of benzene rings is 2. The molecular formula is C27H33N5O2S. The van der Waals surface area contributed by atoms with E-state index in [1.54, 1.807) is 4.57 Å². The van der Waals surface area contributed by atoms with Crippen molar-refractivity contribution in [3.8, 4) is 5.69 Å². The average molecular weight is 492 g/mol. The van der Waals surface area contributed by atoms with Crippen molar-refractivity contribution in [2.75, 3.05) is 18.8 Å². The maximum Gasteiger partial charge on any atom is 0.267 e. The van der Waals surface area contributed by atoms with Crippen molar-refractivity contribution in [3.05, 3.63) is 63.9 Å². The van der Waals surface area contributed by atoms with Crippen LogP contribution in [0.1, 0.15) is 38.8 Å². The van der Waals surface area contributed by atoms with E-state index in [9.17, 15) is 9.59 Å². The Bertz CT molecular complexity index is 1410. The fourth-order valence-electron chi connectivity index (χ4n) is 4.51. The SMILES string of the molecule is Cc1cccc(C)c1-n1c(=O)c2ccccc2n2c(SCC(=O)N(CC(C)C)CC(C)C)nnc12. The first-order valence-electron chi connectivity index (χ1n) is 12.0. The zero-order valence-corrected chi connectivity index (χ0v) is 22.1. The van der Waals surface area contributed by atoms with Crippen molar-refractivity contribution in [3.63, 3.8) is 0 Å². The number of hydrogen-bond donors (Lipinski definition) is 0. The van der Waals surface area contributed by atoms with Crippen molar-refractivity contribution >= 4 is 34.3 Å². The Hall–Kier alpha value is -3.13. The number of amides is 1.